The average molecular weight is 700 g/mol. The van der Waals surface area contributed by atoms with E-state index in [-0.39, 0.29) is 29.2 Å². The lowest BCUT2D eigenvalue weighted by atomic mass is 9.95. The topological polar surface area (TPSA) is 165 Å². The first kappa shape index (κ1) is 36.1. The molecule has 5 aromatic rings. The van der Waals surface area contributed by atoms with Crippen LogP contribution >= 0.6 is 0 Å². The Morgan fingerprint density at radius 3 is 2.31 bits per heavy atom. The van der Waals surface area contributed by atoms with Gasteiger partial charge in [0.05, 0.1) is 24.0 Å². The summed E-state index contributed by atoms with van der Waals surface area (Å²) in [7, 11) is 1.54. The lowest BCUT2D eigenvalue weighted by Crippen LogP contribution is -2.57. The first-order valence-electron chi connectivity index (χ1n) is 16.0. The van der Waals surface area contributed by atoms with Gasteiger partial charge in [0.15, 0.2) is 11.6 Å². The minimum absolute atomic E-state index is 0.0496. The Balaban J connectivity index is 1.46. The number of para-hydroxylation sites is 1. The summed E-state index contributed by atoms with van der Waals surface area (Å²) >= 11 is 0. The standard InChI is InChI=1S/C37H38FN5O8/c1-21(32(35(46)47)42(36(48)49)37(3,4)5)20-41-22(2)31(34(45)43(41)24-10-8-7-9-11-24)33(44)40-23-12-15-30(27(38)18-23)51-29-16-17-39-28-19-25(50-6)13-14-26(28)29/h7-19,21,32H,20H2,1-6H3,(H,40,44)(H,46,47)(H,48,49)/t21-,32?/m0/s1. The summed E-state index contributed by atoms with van der Waals surface area (Å²) in [6.07, 6.45) is 0.111. The van der Waals surface area contributed by atoms with Gasteiger partial charge in [-0.25, -0.2) is 18.7 Å². The van der Waals surface area contributed by atoms with Gasteiger partial charge in [-0.15, -0.1) is 0 Å². The molecule has 0 aliphatic heterocycles. The van der Waals surface area contributed by atoms with Gasteiger partial charge in [-0.05, 0) is 70.2 Å². The van der Waals surface area contributed by atoms with E-state index in [0.717, 1.165) is 11.0 Å². The molecule has 266 valence electrons. The highest BCUT2D eigenvalue weighted by Crippen LogP contribution is 2.33. The van der Waals surface area contributed by atoms with E-state index in [9.17, 15) is 29.4 Å². The number of fused-ring (bicyclic) bond motifs is 1. The van der Waals surface area contributed by atoms with Gasteiger partial charge >= 0.3 is 12.1 Å². The van der Waals surface area contributed by atoms with Crippen molar-refractivity contribution < 1.29 is 38.5 Å². The SMILES string of the molecule is COc1ccc2c(Oc3ccc(NC(=O)c4c(C)n(C[C@H](C)C(C(=O)O)N(C(=O)O)C(C)(C)C)n(-c5ccccc5)c4=O)cc3F)ccnc2c1. The van der Waals surface area contributed by atoms with E-state index >= 15 is 4.39 Å². The van der Waals surface area contributed by atoms with Crippen molar-refractivity contribution >= 4 is 34.6 Å². The molecule has 5 rings (SSSR count). The lowest BCUT2D eigenvalue weighted by Gasteiger charge is -2.40. The molecule has 0 aliphatic rings. The number of nitrogens with zero attached hydrogens (tertiary/aromatic N) is 4. The molecule has 2 heterocycles. The van der Waals surface area contributed by atoms with E-state index in [1.807, 2.05) is 0 Å². The van der Waals surface area contributed by atoms with Crippen molar-refractivity contribution in [3.8, 4) is 22.9 Å². The molecule has 0 aliphatic carbocycles. The van der Waals surface area contributed by atoms with Crippen LogP contribution in [-0.4, -0.2) is 66.1 Å². The average Bonchev–Trinajstić information content (AvgIpc) is 3.31. The zero-order valence-electron chi connectivity index (χ0n) is 28.9. The number of aliphatic carboxylic acids is 1. The summed E-state index contributed by atoms with van der Waals surface area (Å²) in [4.78, 5) is 57.6. The number of hydrogen-bond donors (Lipinski definition) is 3. The molecule has 51 heavy (non-hydrogen) atoms. The van der Waals surface area contributed by atoms with Crippen molar-refractivity contribution in [3.63, 3.8) is 0 Å². The zero-order chi connectivity index (χ0) is 37.2. The van der Waals surface area contributed by atoms with Gasteiger partial charge in [0.25, 0.3) is 11.5 Å². The fraction of sp³-hybridized carbons (Fsp3) is 0.270. The van der Waals surface area contributed by atoms with Gasteiger partial charge in [0, 0.05) is 47.4 Å². The van der Waals surface area contributed by atoms with Crippen LogP contribution in [0.3, 0.4) is 0 Å². The van der Waals surface area contributed by atoms with Crippen LogP contribution in [0.5, 0.6) is 17.2 Å². The molecule has 14 heteroatoms. The third kappa shape index (κ3) is 7.39. The maximum atomic E-state index is 15.4. The molecule has 0 saturated heterocycles. The van der Waals surface area contributed by atoms with Crippen molar-refractivity contribution in [1.82, 2.24) is 19.2 Å². The predicted octanol–water partition coefficient (Wildman–Crippen LogP) is 6.56. The predicted molar refractivity (Wildman–Crippen MR) is 188 cm³/mol. The van der Waals surface area contributed by atoms with Gasteiger partial charge in [-0.1, -0.05) is 25.1 Å². The van der Waals surface area contributed by atoms with Crippen LogP contribution in [0.15, 0.2) is 83.8 Å². The number of carbonyl (C=O) groups is 3. The molecule has 3 aromatic carbocycles. The van der Waals surface area contributed by atoms with Crippen LogP contribution in [0.4, 0.5) is 14.9 Å². The van der Waals surface area contributed by atoms with Crippen molar-refractivity contribution in [1.29, 1.82) is 0 Å². The maximum Gasteiger partial charge on any atom is 0.408 e. The molecule has 0 bridgehead atoms. The molecule has 13 nitrogen and oxygen atoms in total. The molecule has 3 N–H and O–H groups in total. The van der Waals surface area contributed by atoms with Crippen LogP contribution in [0.25, 0.3) is 16.6 Å². The number of carbonyl (C=O) groups excluding carboxylic acids is 1. The number of ether oxygens (including phenoxy) is 2. The van der Waals surface area contributed by atoms with Crippen LogP contribution in [0, 0.1) is 18.7 Å². The Bertz CT molecular complexity index is 2170. The van der Waals surface area contributed by atoms with E-state index in [0.29, 0.717) is 28.1 Å². The Hall–Kier alpha value is -6.18. The fourth-order valence-electron chi connectivity index (χ4n) is 6.05. The molecular weight excluding hydrogens is 661 g/mol. The second-order valence-corrected chi connectivity index (χ2v) is 13.0. The second-order valence-electron chi connectivity index (χ2n) is 13.0. The Labute approximate surface area is 292 Å². The van der Waals surface area contributed by atoms with Crippen molar-refractivity contribution in [2.45, 2.75) is 52.7 Å². The molecule has 0 saturated carbocycles. The number of hydrogen-bond acceptors (Lipinski definition) is 7. The molecule has 2 aromatic heterocycles. The lowest BCUT2D eigenvalue weighted by molar-refractivity contribution is -0.147. The second kappa shape index (κ2) is 14.4. The number of halogens is 1. The Morgan fingerprint density at radius 2 is 1.71 bits per heavy atom. The normalized spacial score (nSPS) is 12.6. The molecule has 0 fully saturated rings. The third-order valence-electron chi connectivity index (χ3n) is 8.40. The Morgan fingerprint density at radius 1 is 1.00 bits per heavy atom. The number of aromatic nitrogens is 3. The van der Waals surface area contributed by atoms with Gasteiger partial charge in [0.1, 0.15) is 23.1 Å². The van der Waals surface area contributed by atoms with Crippen LogP contribution in [0.2, 0.25) is 0 Å². The van der Waals surface area contributed by atoms with Gasteiger partial charge < -0.3 is 25.0 Å². The molecule has 0 radical (unpaired) electrons. The quantitative estimate of drug-likeness (QED) is 0.139. The fourth-order valence-corrected chi connectivity index (χ4v) is 6.05. The van der Waals surface area contributed by atoms with Gasteiger partial charge in [-0.3, -0.25) is 24.2 Å². The van der Waals surface area contributed by atoms with Crippen LogP contribution < -0.4 is 20.3 Å². The van der Waals surface area contributed by atoms with E-state index in [4.69, 9.17) is 9.47 Å². The first-order chi connectivity index (χ1) is 24.1. The summed E-state index contributed by atoms with van der Waals surface area (Å²) in [5, 5.41) is 23.4. The van der Waals surface area contributed by atoms with E-state index < -0.39 is 46.8 Å². The highest BCUT2D eigenvalue weighted by molar-refractivity contribution is 6.05. The van der Waals surface area contributed by atoms with E-state index in [1.54, 1.807) is 82.3 Å². The minimum atomic E-state index is -1.49. The maximum absolute atomic E-state index is 15.4. The smallest absolute Gasteiger partial charge is 0.408 e. The summed E-state index contributed by atoms with van der Waals surface area (Å²) in [5.74, 6) is -2.99. The van der Waals surface area contributed by atoms with Gasteiger partial charge in [0.2, 0.25) is 0 Å². The molecule has 2 atom stereocenters. The number of anilines is 1. The van der Waals surface area contributed by atoms with Crippen molar-refractivity contribution in [2.75, 3.05) is 12.4 Å². The van der Waals surface area contributed by atoms with Crippen molar-refractivity contribution in [3.05, 3.63) is 106 Å². The molecular formula is C37H38FN5O8. The number of carboxylic acids is 1. The summed E-state index contributed by atoms with van der Waals surface area (Å²) in [6, 6.07) is 17.6. The highest BCUT2D eigenvalue weighted by atomic mass is 19.1. The molecule has 1 unspecified atom stereocenters. The molecule has 2 amide bonds. The third-order valence-corrected chi connectivity index (χ3v) is 8.40. The van der Waals surface area contributed by atoms with Crippen LogP contribution in [-0.2, 0) is 11.3 Å². The monoisotopic (exact) mass is 699 g/mol. The zero-order valence-corrected chi connectivity index (χ0v) is 28.9. The molecule has 0 spiro atoms. The summed E-state index contributed by atoms with van der Waals surface area (Å²) in [6.45, 7) is 7.73. The minimum Gasteiger partial charge on any atom is -0.497 e. The van der Waals surface area contributed by atoms with E-state index in [1.165, 1.54) is 41.7 Å². The number of amides is 2. The summed E-state index contributed by atoms with van der Waals surface area (Å²) in [5.41, 5.74) is -0.809. The number of carboxylic acid groups (broad SMARTS) is 2. The number of rotatable bonds is 11. The number of nitrogens with one attached hydrogen (secondary N) is 1. The number of methoxy groups -OCH3 is 1. The van der Waals surface area contributed by atoms with Crippen molar-refractivity contribution in [2.24, 2.45) is 5.92 Å². The Kier molecular flexibility index (Phi) is 10.2. The van der Waals surface area contributed by atoms with Gasteiger partial charge in [-0.2, -0.15) is 0 Å². The highest BCUT2D eigenvalue weighted by Gasteiger charge is 2.41. The number of benzene rings is 3. The summed E-state index contributed by atoms with van der Waals surface area (Å²) < 4.78 is 29.2. The van der Waals surface area contributed by atoms with E-state index in [2.05, 4.69) is 10.3 Å². The number of pyridine rings is 1. The largest absolute Gasteiger partial charge is 0.497 e. The van der Waals surface area contributed by atoms with Crippen LogP contribution in [0.1, 0.15) is 43.7 Å². The first-order valence-corrected chi connectivity index (χ1v) is 16.0.